The molecule has 0 aliphatic heterocycles. The van der Waals surface area contributed by atoms with Crippen molar-refractivity contribution in [3.05, 3.63) is 64.4 Å². The molecule has 0 bridgehead atoms. The molecule has 1 N–H and O–H groups in total. The first-order valence-electron chi connectivity index (χ1n) is 7.05. The lowest BCUT2D eigenvalue weighted by atomic mass is 10.1. The molecule has 0 radical (unpaired) electrons. The number of hydrogen-bond donors (Lipinski definition) is 1. The summed E-state index contributed by atoms with van der Waals surface area (Å²) < 4.78 is 0.922. The van der Waals surface area contributed by atoms with Crippen molar-refractivity contribution >= 4 is 27.6 Å². The zero-order valence-electron chi connectivity index (χ0n) is 12.3. The van der Waals surface area contributed by atoms with E-state index in [9.17, 15) is 9.59 Å². The summed E-state index contributed by atoms with van der Waals surface area (Å²) >= 11 is 3.32. The van der Waals surface area contributed by atoms with Crippen LogP contribution in [0.3, 0.4) is 0 Å². The number of pyridine rings is 1. The van der Waals surface area contributed by atoms with Gasteiger partial charge in [0.25, 0.3) is 0 Å². The number of benzene rings is 1. The van der Waals surface area contributed by atoms with Crippen LogP contribution < -0.4 is 5.32 Å². The highest BCUT2D eigenvalue weighted by atomic mass is 79.9. The average molecular weight is 361 g/mol. The number of carbonyl (C=O) groups excluding carboxylic acids is 2. The lowest BCUT2D eigenvalue weighted by Crippen LogP contribution is -2.27. The molecule has 2 rings (SSSR count). The standard InChI is InChI=1S/C17H17BrN2O2/c1-12(15-4-2-3-11-19-15)20-17(22)10-9-16(21)13-5-7-14(18)8-6-13/h2-8,11-12H,9-10H2,1H3,(H,20,22). The number of rotatable bonds is 6. The van der Waals surface area contributed by atoms with Crippen molar-refractivity contribution in [1.82, 2.24) is 10.3 Å². The smallest absolute Gasteiger partial charge is 0.220 e. The van der Waals surface area contributed by atoms with Gasteiger partial charge >= 0.3 is 0 Å². The van der Waals surface area contributed by atoms with Crippen LogP contribution in [0.5, 0.6) is 0 Å². The molecule has 1 amide bonds. The molecule has 22 heavy (non-hydrogen) atoms. The lowest BCUT2D eigenvalue weighted by Gasteiger charge is -2.13. The molecule has 0 saturated heterocycles. The lowest BCUT2D eigenvalue weighted by molar-refractivity contribution is -0.121. The number of aromatic nitrogens is 1. The Kier molecular flexibility index (Phi) is 5.83. The van der Waals surface area contributed by atoms with E-state index in [2.05, 4.69) is 26.2 Å². The van der Waals surface area contributed by atoms with Crippen LogP contribution in [0, 0.1) is 0 Å². The minimum atomic E-state index is -0.170. The van der Waals surface area contributed by atoms with Crippen LogP contribution in [0.1, 0.15) is 41.9 Å². The van der Waals surface area contributed by atoms with Crippen molar-refractivity contribution in [2.75, 3.05) is 0 Å². The van der Waals surface area contributed by atoms with Crippen molar-refractivity contribution in [2.24, 2.45) is 0 Å². The summed E-state index contributed by atoms with van der Waals surface area (Å²) in [7, 11) is 0. The first kappa shape index (κ1) is 16.4. The maximum atomic E-state index is 12.0. The highest BCUT2D eigenvalue weighted by molar-refractivity contribution is 9.10. The predicted octanol–water partition coefficient (Wildman–Crippen LogP) is 3.68. The molecular formula is C17H17BrN2O2. The Labute approximate surface area is 138 Å². The zero-order valence-corrected chi connectivity index (χ0v) is 13.8. The van der Waals surface area contributed by atoms with Gasteiger partial charge in [0.15, 0.2) is 5.78 Å². The number of nitrogens with one attached hydrogen (secondary N) is 1. The maximum absolute atomic E-state index is 12.0. The average Bonchev–Trinajstić information content (AvgIpc) is 2.54. The van der Waals surface area contributed by atoms with Crippen molar-refractivity contribution in [2.45, 2.75) is 25.8 Å². The summed E-state index contributed by atoms with van der Waals surface area (Å²) in [5.41, 5.74) is 1.42. The molecule has 1 aromatic carbocycles. The summed E-state index contributed by atoms with van der Waals surface area (Å²) in [5.74, 6) is -0.184. The van der Waals surface area contributed by atoms with Gasteiger partial charge in [-0.05, 0) is 31.2 Å². The third-order valence-electron chi connectivity index (χ3n) is 3.25. The van der Waals surface area contributed by atoms with Crippen LogP contribution in [-0.4, -0.2) is 16.7 Å². The second-order valence-corrected chi connectivity index (χ2v) is 5.89. The predicted molar refractivity (Wildman–Crippen MR) is 88.5 cm³/mol. The molecule has 0 saturated carbocycles. The molecule has 1 unspecified atom stereocenters. The second kappa shape index (κ2) is 7.84. The molecule has 1 atom stereocenters. The van der Waals surface area contributed by atoms with Crippen molar-refractivity contribution in [3.63, 3.8) is 0 Å². The largest absolute Gasteiger partial charge is 0.348 e. The topological polar surface area (TPSA) is 59.1 Å². The maximum Gasteiger partial charge on any atom is 0.220 e. The van der Waals surface area contributed by atoms with E-state index in [1.165, 1.54) is 0 Å². The molecule has 4 nitrogen and oxygen atoms in total. The van der Waals surface area contributed by atoms with Crippen LogP contribution in [0.15, 0.2) is 53.1 Å². The number of Topliss-reactive ketones (excluding diaryl/α,β-unsaturated/α-hetero) is 1. The summed E-state index contributed by atoms with van der Waals surface area (Å²) in [6, 6.07) is 12.5. The molecule has 2 aromatic rings. The van der Waals surface area contributed by atoms with E-state index in [0.29, 0.717) is 5.56 Å². The normalized spacial score (nSPS) is 11.7. The fourth-order valence-corrected chi connectivity index (χ4v) is 2.29. The van der Waals surface area contributed by atoms with Crippen LogP contribution >= 0.6 is 15.9 Å². The first-order valence-corrected chi connectivity index (χ1v) is 7.84. The summed E-state index contributed by atoms with van der Waals surface area (Å²) in [4.78, 5) is 28.1. The van der Waals surface area contributed by atoms with E-state index in [0.717, 1.165) is 10.2 Å². The Balaban J connectivity index is 1.82. The quantitative estimate of drug-likeness (QED) is 0.799. The van der Waals surface area contributed by atoms with Gasteiger partial charge < -0.3 is 5.32 Å². The molecule has 0 aliphatic rings. The molecule has 114 valence electrons. The van der Waals surface area contributed by atoms with Gasteiger partial charge in [-0.25, -0.2) is 0 Å². The van der Waals surface area contributed by atoms with E-state index in [-0.39, 0.29) is 30.6 Å². The van der Waals surface area contributed by atoms with Gasteiger partial charge in [-0.15, -0.1) is 0 Å². The Morgan fingerprint density at radius 1 is 1.14 bits per heavy atom. The van der Waals surface area contributed by atoms with Gasteiger partial charge in [0.05, 0.1) is 11.7 Å². The van der Waals surface area contributed by atoms with Crippen LogP contribution in [0.25, 0.3) is 0 Å². The highest BCUT2D eigenvalue weighted by Crippen LogP contribution is 2.13. The molecule has 1 heterocycles. The SMILES string of the molecule is CC(NC(=O)CCC(=O)c1ccc(Br)cc1)c1ccccn1. The van der Waals surface area contributed by atoms with Gasteiger partial charge in [-0.3, -0.25) is 14.6 Å². The molecule has 1 aromatic heterocycles. The molecule has 0 spiro atoms. The summed E-state index contributed by atoms with van der Waals surface area (Å²) in [6.45, 7) is 1.87. The number of amides is 1. The number of halogens is 1. The monoisotopic (exact) mass is 360 g/mol. The number of nitrogens with zero attached hydrogens (tertiary/aromatic N) is 1. The fourth-order valence-electron chi connectivity index (χ4n) is 2.03. The van der Waals surface area contributed by atoms with E-state index in [4.69, 9.17) is 0 Å². The minimum Gasteiger partial charge on any atom is -0.348 e. The minimum absolute atomic E-state index is 0.0341. The van der Waals surface area contributed by atoms with Gasteiger partial charge in [-0.2, -0.15) is 0 Å². The number of carbonyl (C=O) groups is 2. The van der Waals surface area contributed by atoms with Gasteiger partial charge in [-0.1, -0.05) is 34.1 Å². The molecule has 0 fully saturated rings. The van der Waals surface area contributed by atoms with E-state index >= 15 is 0 Å². The van der Waals surface area contributed by atoms with E-state index in [1.54, 1.807) is 18.3 Å². The molecular weight excluding hydrogens is 344 g/mol. The first-order chi connectivity index (χ1) is 10.6. The number of hydrogen-bond acceptors (Lipinski definition) is 3. The number of ketones is 1. The van der Waals surface area contributed by atoms with Gasteiger partial charge in [0.1, 0.15) is 0 Å². The highest BCUT2D eigenvalue weighted by Gasteiger charge is 2.13. The van der Waals surface area contributed by atoms with E-state index in [1.807, 2.05) is 37.3 Å². The molecule has 0 aliphatic carbocycles. The molecule has 5 heteroatoms. The van der Waals surface area contributed by atoms with Gasteiger partial charge in [0, 0.05) is 29.1 Å². The summed E-state index contributed by atoms with van der Waals surface area (Å²) in [6.07, 6.45) is 2.06. The van der Waals surface area contributed by atoms with Crippen LogP contribution in [0.4, 0.5) is 0 Å². The second-order valence-electron chi connectivity index (χ2n) is 4.97. The third-order valence-corrected chi connectivity index (χ3v) is 3.78. The van der Waals surface area contributed by atoms with Crippen LogP contribution in [0.2, 0.25) is 0 Å². The Bertz CT molecular complexity index is 641. The van der Waals surface area contributed by atoms with Gasteiger partial charge in [0.2, 0.25) is 5.91 Å². The summed E-state index contributed by atoms with van der Waals surface area (Å²) in [5, 5.41) is 2.85. The van der Waals surface area contributed by atoms with Crippen molar-refractivity contribution < 1.29 is 9.59 Å². The Morgan fingerprint density at radius 3 is 2.50 bits per heavy atom. The van der Waals surface area contributed by atoms with Crippen molar-refractivity contribution in [1.29, 1.82) is 0 Å². The Morgan fingerprint density at radius 2 is 1.86 bits per heavy atom. The van der Waals surface area contributed by atoms with Crippen molar-refractivity contribution in [3.8, 4) is 0 Å². The Hall–Kier alpha value is -2.01. The fraction of sp³-hybridized carbons (Fsp3) is 0.235. The van der Waals surface area contributed by atoms with Crippen LogP contribution in [-0.2, 0) is 4.79 Å². The third kappa shape index (κ3) is 4.77. The zero-order chi connectivity index (χ0) is 15.9. The van der Waals surface area contributed by atoms with E-state index < -0.39 is 0 Å².